The topological polar surface area (TPSA) is 0 Å². The molecule has 2 aromatic rings. The van der Waals surface area contributed by atoms with Crippen LogP contribution in [0.5, 0.6) is 0 Å². The van der Waals surface area contributed by atoms with Crippen LogP contribution in [0.4, 0.5) is 0 Å². The van der Waals surface area contributed by atoms with Gasteiger partial charge in [-0.2, -0.15) is 0 Å². The van der Waals surface area contributed by atoms with Crippen LogP contribution in [0.15, 0.2) is 78.9 Å². The van der Waals surface area contributed by atoms with Crippen molar-refractivity contribution < 1.29 is 0 Å². The van der Waals surface area contributed by atoms with Gasteiger partial charge in [0.1, 0.15) is 0 Å². The number of benzene rings is 2. The fourth-order valence-electron chi connectivity index (χ4n) is 3.31. The van der Waals surface area contributed by atoms with E-state index in [1.807, 2.05) is 91.8 Å². The Balaban J connectivity index is -0.000000361. The molecule has 0 saturated heterocycles. The second-order valence-electron chi connectivity index (χ2n) is 6.66. The van der Waals surface area contributed by atoms with E-state index in [0.717, 1.165) is 5.92 Å². The van der Waals surface area contributed by atoms with Gasteiger partial charge in [0, 0.05) is 0 Å². The van der Waals surface area contributed by atoms with Crippen molar-refractivity contribution in [2.75, 3.05) is 0 Å². The van der Waals surface area contributed by atoms with Crippen LogP contribution in [0.3, 0.4) is 0 Å². The largest absolute Gasteiger partial charge is 0.0885 e. The minimum Gasteiger partial charge on any atom is -0.0885 e. The van der Waals surface area contributed by atoms with Crippen molar-refractivity contribution in [1.82, 2.24) is 0 Å². The molecule has 184 valence electrons. The summed E-state index contributed by atoms with van der Waals surface area (Å²) in [5.74, 6) is 0.861. The monoisotopic (exact) mass is 440 g/mol. The van der Waals surface area contributed by atoms with Gasteiger partial charge in [0.2, 0.25) is 0 Å². The third-order valence-electron chi connectivity index (χ3n) is 4.70. The van der Waals surface area contributed by atoms with E-state index in [1.165, 1.54) is 57.8 Å². The van der Waals surface area contributed by atoms with E-state index in [0.29, 0.717) is 0 Å². The molecule has 0 heteroatoms. The van der Waals surface area contributed by atoms with Gasteiger partial charge >= 0.3 is 0 Å². The molecule has 0 atom stereocenters. The molecule has 0 spiro atoms. The maximum absolute atomic E-state index is 2.27. The van der Waals surface area contributed by atoms with E-state index in [4.69, 9.17) is 0 Å². The maximum atomic E-state index is 2.27. The van der Waals surface area contributed by atoms with Gasteiger partial charge < -0.3 is 0 Å². The summed E-state index contributed by atoms with van der Waals surface area (Å²) in [5.41, 5.74) is 1.55. The minimum absolute atomic E-state index is 0.861. The molecule has 0 aromatic heterocycles. The summed E-state index contributed by atoms with van der Waals surface area (Å²) >= 11 is 0. The summed E-state index contributed by atoms with van der Waals surface area (Å²) in [7, 11) is 0. The normalized spacial score (nSPS) is 13.5. The van der Waals surface area contributed by atoms with Crippen LogP contribution < -0.4 is 0 Å². The lowest BCUT2D eigenvalue weighted by Gasteiger charge is -2.21. The molecule has 0 radical (unpaired) electrons. The lowest BCUT2D eigenvalue weighted by molar-refractivity contribution is 0.443. The Hall–Kier alpha value is -1.82. The Morgan fingerprint density at radius 2 is 0.781 bits per heavy atom. The van der Waals surface area contributed by atoms with Gasteiger partial charge in [-0.25, -0.2) is 0 Å². The van der Waals surface area contributed by atoms with Crippen molar-refractivity contribution in [2.24, 2.45) is 0 Å². The lowest BCUT2D eigenvalue weighted by atomic mass is 9.84. The molecule has 2 aliphatic rings. The lowest BCUT2D eigenvalue weighted by Crippen LogP contribution is -2.03. The Kier molecular flexibility index (Phi) is 36.8. The quantitative estimate of drug-likeness (QED) is 0.387. The van der Waals surface area contributed by atoms with Gasteiger partial charge in [-0.15, -0.1) is 0 Å². The average Bonchev–Trinajstić information content (AvgIpc) is 2.97. The number of rotatable bonds is 1. The summed E-state index contributed by atoms with van der Waals surface area (Å²) in [6.45, 7) is 16.0. The predicted molar refractivity (Wildman–Crippen MR) is 152 cm³/mol. The van der Waals surface area contributed by atoms with Gasteiger partial charge in [0.25, 0.3) is 0 Å². The second kappa shape index (κ2) is 33.8. The summed E-state index contributed by atoms with van der Waals surface area (Å²) in [6, 6.07) is 23.0. The maximum Gasteiger partial charge on any atom is -0.0162 e. The zero-order valence-electron chi connectivity index (χ0n) is 22.9. The summed E-state index contributed by atoms with van der Waals surface area (Å²) in [6.07, 6.45) is 17.1. The van der Waals surface area contributed by atoms with Gasteiger partial charge in [-0.3, -0.25) is 0 Å². The van der Waals surface area contributed by atoms with Crippen molar-refractivity contribution in [3.8, 4) is 0 Å². The predicted octanol–water partition coefficient (Wildman–Crippen LogP) is 11.6. The van der Waals surface area contributed by atoms with Crippen LogP contribution in [0.25, 0.3) is 0 Å². The van der Waals surface area contributed by atoms with Crippen LogP contribution in [0.1, 0.15) is 125 Å². The molecule has 0 N–H and O–H groups in total. The van der Waals surface area contributed by atoms with Crippen LogP contribution in [0.2, 0.25) is 0 Å². The number of allylic oxidation sites excluding steroid dienone is 2. The number of hydrogen-bond donors (Lipinski definition) is 0. The molecular formula is C32H56. The van der Waals surface area contributed by atoms with Crippen molar-refractivity contribution in [3.05, 3.63) is 84.4 Å². The fourth-order valence-corrected chi connectivity index (χ4v) is 3.31. The fraction of sp³-hybridized carbons (Fsp3) is 0.562. The Bertz CT molecular complexity index is 486. The molecular weight excluding hydrogens is 384 g/mol. The van der Waals surface area contributed by atoms with Gasteiger partial charge in [0.15, 0.2) is 0 Å². The van der Waals surface area contributed by atoms with Crippen LogP contribution >= 0.6 is 0 Å². The SMILES string of the molecule is C1=CCCCC1.CC.CC.CC.CC.c1ccc(C2CCCCC2)cc1.c1ccccc1. The first-order valence-electron chi connectivity index (χ1n) is 13.7. The molecule has 2 aromatic carbocycles. The molecule has 4 rings (SSSR count). The van der Waals surface area contributed by atoms with Crippen molar-refractivity contribution in [3.63, 3.8) is 0 Å². The van der Waals surface area contributed by atoms with Crippen molar-refractivity contribution >= 4 is 0 Å². The minimum atomic E-state index is 0.861. The highest BCUT2D eigenvalue weighted by Crippen LogP contribution is 2.32. The van der Waals surface area contributed by atoms with E-state index in [-0.39, 0.29) is 0 Å². The summed E-state index contributed by atoms with van der Waals surface area (Å²) < 4.78 is 0. The van der Waals surface area contributed by atoms with Gasteiger partial charge in [-0.05, 0) is 50.0 Å². The molecule has 32 heavy (non-hydrogen) atoms. The first-order chi connectivity index (χ1) is 16.0. The van der Waals surface area contributed by atoms with Crippen LogP contribution in [-0.4, -0.2) is 0 Å². The van der Waals surface area contributed by atoms with E-state index in [1.54, 1.807) is 5.56 Å². The molecule has 0 amide bonds. The standard InChI is InChI=1S/C12H16.C6H10.C6H6.4C2H6/c1-3-7-11(8-4-1)12-9-5-2-6-10-12;2*1-2-4-6-5-3-1;4*1-2/h1,3-4,7-8,12H,2,5-6,9-10H2;1-2H,3-6H2;1-6H;4*1-2H3. The molecule has 0 bridgehead atoms. The van der Waals surface area contributed by atoms with E-state index < -0.39 is 0 Å². The van der Waals surface area contributed by atoms with Crippen LogP contribution in [0, 0.1) is 0 Å². The third-order valence-corrected chi connectivity index (χ3v) is 4.70. The Labute approximate surface area is 203 Å². The molecule has 2 aliphatic carbocycles. The van der Waals surface area contributed by atoms with Crippen molar-refractivity contribution in [1.29, 1.82) is 0 Å². The summed E-state index contributed by atoms with van der Waals surface area (Å²) in [4.78, 5) is 0. The molecule has 0 aliphatic heterocycles. The Morgan fingerprint density at radius 1 is 0.438 bits per heavy atom. The molecule has 0 nitrogen and oxygen atoms in total. The zero-order valence-corrected chi connectivity index (χ0v) is 22.9. The highest BCUT2D eigenvalue weighted by molar-refractivity contribution is 5.19. The zero-order chi connectivity index (χ0) is 24.7. The molecule has 0 unspecified atom stereocenters. The van der Waals surface area contributed by atoms with Gasteiger partial charge in [0.05, 0.1) is 0 Å². The van der Waals surface area contributed by atoms with Crippen molar-refractivity contribution in [2.45, 2.75) is 119 Å². The van der Waals surface area contributed by atoms with E-state index >= 15 is 0 Å². The third kappa shape index (κ3) is 22.9. The van der Waals surface area contributed by atoms with E-state index in [2.05, 4.69) is 42.5 Å². The van der Waals surface area contributed by atoms with Gasteiger partial charge in [-0.1, -0.05) is 154 Å². The Morgan fingerprint density at radius 3 is 1.09 bits per heavy atom. The second-order valence-corrected chi connectivity index (χ2v) is 6.66. The molecule has 0 heterocycles. The van der Waals surface area contributed by atoms with E-state index in [9.17, 15) is 0 Å². The smallest absolute Gasteiger partial charge is 0.0162 e. The molecule has 1 fully saturated rings. The highest BCUT2D eigenvalue weighted by Gasteiger charge is 2.14. The highest BCUT2D eigenvalue weighted by atomic mass is 14.2. The molecule has 1 saturated carbocycles. The summed E-state index contributed by atoms with van der Waals surface area (Å²) in [5, 5.41) is 0. The average molecular weight is 441 g/mol. The first kappa shape index (κ1) is 34.8. The van der Waals surface area contributed by atoms with Crippen LogP contribution in [-0.2, 0) is 0 Å². The first-order valence-corrected chi connectivity index (χ1v) is 13.7. The number of hydrogen-bond acceptors (Lipinski definition) is 0.